The Morgan fingerprint density at radius 3 is 2.45 bits per heavy atom. The lowest BCUT2D eigenvalue weighted by atomic mass is 9.83. The van der Waals surface area contributed by atoms with Gasteiger partial charge in [-0.15, -0.1) is 0 Å². The summed E-state index contributed by atoms with van der Waals surface area (Å²) < 4.78 is 7.03. The van der Waals surface area contributed by atoms with Gasteiger partial charge in [-0.25, -0.2) is 4.79 Å². The van der Waals surface area contributed by atoms with Gasteiger partial charge in [0, 0.05) is 36.8 Å². The Bertz CT molecular complexity index is 1610. The van der Waals surface area contributed by atoms with Gasteiger partial charge in [-0.1, -0.05) is 42.5 Å². The first-order valence-electron chi connectivity index (χ1n) is 12.7. The summed E-state index contributed by atoms with van der Waals surface area (Å²) >= 11 is 0. The molecular formula is C30H28N4O4. The van der Waals surface area contributed by atoms with E-state index < -0.39 is 6.03 Å². The summed E-state index contributed by atoms with van der Waals surface area (Å²) in [6.45, 7) is 1.67. The molecule has 0 unspecified atom stereocenters. The van der Waals surface area contributed by atoms with E-state index in [-0.39, 0.29) is 29.0 Å². The summed E-state index contributed by atoms with van der Waals surface area (Å²) in [5.41, 5.74) is 2.07. The van der Waals surface area contributed by atoms with E-state index in [9.17, 15) is 14.4 Å². The number of pyridine rings is 1. The molecule has 6 rings (SSSR count). The van der Waals surface area contributed by atoms with Gasteiger partial charge in [0.15, 0.2) is 0 Å². The summed E-state index contributed by atoms with van der Waals surface area (Å²) in [5.74, 6) is 0.782. The fourth-order valence-corrected chi connectivity index (χ4v) is 5.74. The molecule has 1 fully saturated rings. The molecule has 8 heteroatoms. The number of amides is 3. The molecule has 3 amide bonds. The second-order valence-corrected chi connectivity index (χ2v) is 9.94. The molecule has 4 aromatic rings. The average Bonchev–Trinajstić information content (AvgIpc) is 2.94. The normalized spacial score (nSPS) is 18.0. The highest BCUT2D eigenvalue weighted by molar-refractivity contribution is 6.00. The van der Waals surface area contributed by atoms with Crippen molar-refractivity contribution in [1.29, 1.82) is 0 Å². The number of likely N-dealkylation sites (tertiary alicyclic amines) is 1. The van der Waals surface area contributed by atoms with Crippen molar-refractivity contribution in [3.63, 3.8) is 0 Å². The minimum absolute atomic E-state index is 0.0209. The van der Waals surface area contributed by atoms with E-state index in [1.807, 2.05) is 59.5 Å². The van der Waals surface area contributed by atoms with Crippen molar-refractivity contribution in [1.82, 2.24) is 9.47 Å². The minimum atomic E-state index is -0.518. The van der Waals surface area contributed by atoms with Crippen LogP contribution < -0.4 is 20.9 Å². The number of para-hydroxylation sites is 2. The maximum Gasteiger partial charge on any atom is 0.323 e. The fourth-order valence-electron chi connectivity index (χ4n) is 5.74. The van der Waals surface area contributed by atoms with Crippen molar-refractivity contribution in [3.8, 4) is 5.75 Å². The summed E-state index contributed by atoms with van der Waals surface area (Å²) in [4.78, 5) is 41.3. The van der Waals surface area contributed by atoms with Gasteiger partial charge in [-0.05, 0) is 59.5 Å². The number of nitrogens with zero attached hydrogens (tertiary/aromatic N) is 2. The number of benzene rings is 3. The molecule has 2 N–H and O–H groups in total. The van der Waals surface area contributed by atoms with Crippen LogP contribution in [-0.4, -0.2) is 41.6 Å². The van der Waals surface area contributed by atoms with Gasteiger partial charge < -0.3 is 24.8 Å². The third-order valence-corrected chi connectivity index (χ3v) is 7.49. The largest absolute Gasteiger partial charge is 0.495 e. The third kappa shape index (κ3) is 4.38. The highest BCUT2D eigenvalue weighted by Crippen LogP contribution is 2.36. The zero-order valence-electron chi connectivity index (χ0n) is 21.0. The number of methoxy groups -OCH3 is 1. The molecule has 8 nitrogen and oxygen atoms in total. The number of nitrogens with one attached hydrogen (secondary N) is 2. The monoisotopic (exact) mass is 508 g/mol. The first-order chi connectivity index (χ1) is 18.5. The highest BCUT2D eigenvalue weighted by Gasteiger charge is 2.37. The number of urea groups is 1. The van der Waals surface area contributed by atoms with Crippen molar-refractivity contribution in [2.75, 3.05) is 30.8 Å². The van der Waals surface area contributed by atoms with E-state index in [1.165, 1.54) is 7.11 Å². The topological polar surface area (TPSA) is 92.7 Å². The third-order valence-electron chi connectivity index (χ3n) is 7.49. The predicted octanol–water partition coefficient (Wildman–Crippen LogP) is 4.91. The zero-order chi connectivity index (χ0) is 26.2. The first-order valence-corrected chi connectivity index (χ1v) is 12.7. The second kappa shape index (κ2) is 9.70. The van der Waals surface area contributed by atoms with Gasteiger partial charge in [0.05, 0.1) is 12.8 Å². The Balaban J connectivity index is 1.19. The van der Waals surface area contributed by atoms with Crippen LogP contribution in [0.5, 0.6) is 5.75 Å². The minimum Gasteiger partial charge on any atom is -0.495 e. The van der Waals surface area contributed by atoms with Crippen LogP contribution in [0.4, 0.5) is 16.2 Å². The number of carbonyl (C=O) groups excluding carboxylic acids is 2. The summed E-state index contributed by atoms with van der Waals surface area (Å²) in [5, 5.41) is 7.57. The highest BCUT2D eigenvalue weighted by atomic mass is 16.5. The Hall–Kier alpha value is -4.59. The quantitative estimate of drug-likeness (QED) is 0.410. The molecule has 2 aliphatic heterocycles. The number of hydrogen-bond donors (Lipinski definition) is 2. The second-order valence-electron chi connectivity index (χ2n) is 9.94. The Labute approximate surface area is 219 Å². The van der Waals surface area contributed by atoms with Crippen molar-refractivity contribution in [3.05, 3.63) is 100 Å². The number of hydrogen-bond acceptors (Lipinski definition) is 4. The van der Waals surface area contributed by atoms with Crippen LogP contribution in [0.2, 0.25) is 0 Å². The molecule has 1 aromatic heterocycles. The van der Waals surface area contributed by atoms with Crippen LogP contribution in [0.3, 0.4) is 0 Å². The maximum atomic E-state index is 13.4. The van der Waals surface area contributed by atoms with Crippen molar-refractivity contribution < 1.29 is 14.3 Å². The molecule has 3 heterocycles. The number of aromatic nitrogens is 1. The van der Waals surface area contributed by atoms with Crippen LogP contribution >= 0.6 is 0 Å². The van der Waals surface area contributed by atoms with E-state index in [0.29, 0.717) is 36.6 Å². The number of carbonyl (C=O) groups is 2. The summed E-state index contributed by atoms with van der Waals surface area (Å²) in [6.07, 6.45) is 0.933. The molecule has 2 atom stereocenters. The molecule has 2 bridgehead atoms. The van der Waals surface area contributed by atoms with Gasteiger partial charge >= 0.3 is 6.03 Å². The lowest BCUT2D eigenvalue weighted by molar-refractivity contribution is 0.0595. The molecular weight excluding hydrogens is 480 g/mol. The van der Waals surface area contributed by atoms with E-state index in [4.69, 9.17) is 4.74 Å². The standard InChI is InChI=1S/C30H28N4O4/c1-38-27-9-5-4-8-24(27)31-30(37)32-25-12-13-26-23-14-19(17-34(26)29(25)36)16-33(18-23)28(35)22-11-10-20-6-2-3-7-21(20)15-22/h2-13,15,19,23H,14,16-18H2,1H3,(H2,31,32,37)/t19-,23+/m0/s1. The van der Waals surface area contributed by atoms with Crippen LogP contribution in [0, 0.1) is 5.92 Å². The van der Waals surface area contributed by atoms with Crippen molar-refractivity contribution >= 4 is 34.1 Å². The van der Waals surface area contributed by atoms with E-state index >= 15 is 0 Å². The molecule has 192 valence electrons. The fraction of sp³-hybridized carbons (Fsp3) is 0.233. The van der Waals surface area contributed by atoms with Gasteiger partial charge in [0.1, 0.15) is 11.4 Å². The SMILES string of the molecule is COc1ccccc1NC(=O)Nc1ccc2n(c1=O)C[C@H]1C[C@@H]2CN(C(=O)c2ccc3ccccc3c2)C1. The molecule has 38 heavy (non-hydrogen) atoms. The number of rotatable bonds is 4. The summed E-state index contributed by atoms with van der Waals surface area (Å²) in [7, 11) is 1.53. The maximum absolute atomic E-state index is 13.4. The number of anilines is 2. The van der Waals surface area contributed by atoms with Crippen LogP contribution in [0.15, 0.2) is 83.7 Å². The smallest absolute Gasteiger partial charge is 0.323 e. The van der Waals surface area contributed by atoms with Gasteiger partial charge in [0.25, 0.3) is 11.5 Å². The molecule has 2 aliphatic rings. The summed E-state index contributed by atoms with van der Waals surface area (Å²) in [6, 6.07) is 23.9. The zero-order valence-corrected chi connectivity index (χ0v) is 21.0. The molecule has 0 saturated carbocycles. The number of piperidine rings is 1. The van der Waals surface area contributed by atoms with Gasteiger partial charge in [0.2, 0.25) is 0 Å². The lowest BCUT2D eigenvalue weighted by Gasteiger charge is -2.43. The van der Waals surface area contributed by atoms with Crippen molar-refractivity contribution in [2.24, 2.45) is 5.92 Å². The molecule has 1 saturated heterocycles. The van der Waals surface area contributed by atoms with Crippen molar-refractivity contribution in [2.45, 2.75) is 18.9 Å². The van der Waals surface area contributed by atoms with Gasteiger partial charge in [-0.3, -0.25) is 9.59 Å². The van der Waals surface area contributed by atoms with E-state index in [0.717, 1.165) is 22.9 Å². The van der Waals surface area contributed by atoms with E-state index in [2.05, 4.69) is 10.6 Å². The van der Waals surface area contributed by atoms with Crippen LogP contribution in [-0.2, 0) is 6.54 Å². The number of fused-ring (bicyclic) bond motifs is 5. The van der Waals surface area contributed by atoms with Crippen LogP contribution in [0.1, 0.15) is 28.4 Å². The lowest BCUT2D eigenvalue weighted by Crippen LogP contribution is -2.49. The molecule has 0 spiro atoms. The average molecular weight is 509 g/mol. The van der Waals surface area contributed by atoms with Gasteiger partial charge in [-0.2, -0.15) is 0 Å². The molecule has 0 aliphatic carbocycles. The van der Waals surface area contributed by atoms with E-state index in [1.54, 1.807) is 28.8 Å². The molecule has 0 radical (unpaired) electrons. The predicted molar refractivity (Wildman–Crippen MR) is 147 cm³/mol. The Morgan fingerprint density at radius 2 is 1.61 bits per heavy atom. The molecule has 3 aromatic carbocycles. The Morgan fingerprint density at radius 1 is 0.842 bits per heavy atom. The first kappa shape index (κ1) is 23.8. The Kier molecular flexibility index (Phi) is 6.07. The number of ether oxygens (including phenoxy) is 1. The van der Waals surface area contributed by atoms with Crippen LogP contribution in [0.25, 0.3) is 10.8 Å².